The highest BCUT2D eigenvalue weighted by Gasteiger charge is 2.12. The first kappa shape index (κ1) is 18.5. The Kier molecular flexibility index (Phi) is 7.31. The number of anilines is 1. The van der Waals surface area contributed by atoms with Gasteiger partial charge >= 0.3 is 0 Å². The average Bonchev–Trinajstić information content (AvgIpc) is 2.58. The zero-order valence-corrected chi connectivity index (χ0v) is 14.8. The summed E-state index contributed by atoms with van der Waals surface area (Å²) in [6.45, 7) is 3.05. The number of carbonyl (C=O) groups excluding carboxylic acids is 1. The number of hydrogen-bond acceptors (Lipinski definition) is 4. The van der Waals surface area contributed by atoms with Gasteiger partial charge in [-0.15, -0.1) is 0 Å². The smallest absolute Gasteiger partial charge is 0.248 e. The van der Waals surface area contributed by atoms with Gasteiger partial charge in [0, 0.05) is 19.3 Å². The van der Waals surface area contributed by atoms with Crippen molar-refractivity contribution in [3.63, 3.8) is 0 Å². The Hall–Kier alpha value is -1.82. The van der Waals surface area contributed by atoms with Gasteiger partial charge in [0.15, 0.2) is 0 Å². The maximum absolute atomic E-state index is 12.0. The third-order valence-electron chi connectivity index (χ3n) is 3.24. The van der Waals surface area contributed by atoms with E-state index in [1.54, 1.807) is 13.0 Å². The molecule has 0 bridgehead atoms. The molecule has 0 aliphatic rings. The molecule has 1 aromatic carbocycles. The Morgan fingerprint density at radius 3 is 2.71 bits per heavy atom. The summed E-state index contributed by atoms with van der Waals surface area (Å²) < 4.78 is 5.56. The van der Waals surface area contributed by atoms with Crippen LogP contribution in [0.2, 0.25) is 10.0 Å². The van der Waals surface area contributed by atoms with E-state index in [9.17, 15) is 4.79 Å². The van der Waals surface area contributed by atoms with Crippen LogP contribution in [0.15, 0.2) is 42.6 Å². The third kappa shape index (κ3) is 6.00. The maximum Gasteiger partial charge on any atom is 0.248 e. The van der Waals surface area contributed by atoms with E-state index in [0.717, 1.165) is 5.56 Å². The van der Waals surface area contributed by atoms with E-state index in [2.05, 4.69) is 15.6 Å². The second-order valence-corrected chi connectivity index (χ2v) is 5.98. The predicted octanol–water partition coefficient (Wildman–Crippen LogP) is 3.52. The summed E-state index contributed by atoms with van der Waals surface area (Å²) in [5.74, 6) is 0.367. The number of carbonyl (C=O) groups is 1. The Balaban J connectivity index is 1.67. The Labute approximate surface area is 151 Å². The van der Waals surface area contributed by atoms with Gasteiger partial charge in [-0.25, -0.2) is 4.98 Å². The van der Waals surface area contributed by atoms with Gasteiger partial charge in [0.25, 0.3) is 0 Å². The lowest BCUT2D eigenvalue weighted by Gasteiger charge is -2.14. The number of benzene rings is 1. The number of ether oxygens (including phenoxy) is 1. The molecule has 0 fully saturated rings. The predicted molar refractivity (Wildman–Crippen MR) is 96.4 cm³/mol. The van der Waals surface area contributed by atoms with Gasteiger partial charge in [-0.1, -0.05) is 53.5 Å². The van der Waals surface area contributed by atoms with Crippen molar-refractivity contribution in [2.24, 2.45) is 0 Å². The molecule has 0 unspecified atom stereocenters. The van der Waals surface area contributed by atoms with Crippen LogP contribution in [-0.4, -0.2) is 30.1 Å². The van der Waals surface area contributed by atoms with Crippen molar-refractivity contribution >= 4 is 34.9 Å². The number of pyridine rings is 1. The number of rotatable bonds is 8. The van der Waals surface area contributed by atoms with Crippen LogP contribution in [0.3, 0.4) is 0 Å². The Morgan fingerprint density at radius 2 is 2.00 bits per heavy atom. The van der Waals surface area contributed by atoms with Crippen LogP contribution in [0, 0.1) is 0 Å². The highest BCUT2D eigenvalue weighted by atomic mass is 35.5. The highest BCUT2D eigenvalue weighted by Crippen LogP contribution is 2.21. The molecule has 1 amide bonds. The van der Waals surface area contributed by atoms with Crippen molar-refractivity contribution in [2.75, 3.05) is 18.4 Å². The SMILES string of the molecule is C[C@H](OCc1ccccc1)C(=O)NCCNc1ncc(Cl)cc1Cl. The van der Waals surface area contributed by atoms with Crippen molar-refractivity contribution in [3.05, 3.63) is 58.2 Å². The lowest BCUT2D eigenvalue weighted by atomic mass is 10.2. The number of halogens is 2. The van der Waals surface area contributed by atoms with Crippen LogP contribution in [0.1, 0.15) is 12.5 Å². The van der Waals surface area contributed by atoms with Crippen molar-refractivity contribution in [1.82, 2.24) is 10.3 Å². The molecule has 1 atom stereocenters. The molecule has 0 aliphatic carbocycles. The van der Waals surface area contributed by atoms with E-state index in [1.807, 2.05) is 30.3 Å². The zero-order chi connectivity index (χ0) is 17.4. The number of aromatic nitrogens is 1. The summed E-state index contributed by atoms with van der Waals surface area (Å²) >= 11 is 11.8. The van der Waals surface area contributed by atoms with Crippen LogP contribution in [0.25, 0.3) is 0 Å². The third-order valence-corrected chi connectivity index (χ3v) is 3.73. The molecule has 5 nitrogen and oxygen atoms in total. The van der Waals surface area contributed by atoms with Gasteiger partial charge in [0.1, 0.15) is 11.9 Å². The quantitative estimate of drug-likeness (QED) is 0.700. The second-order valence-electron chi connectivity index (χ2n) is 5.14. The van der Waals surface area contributed by atoms with Gasteiger partial charge in [-0.2, -0.15) is 0 Å². The first-order chi connectivity index (χ1) is 11.6. The van der Waals surface area contributed by atoms with Gasteiger partial charge < -0.3 is 15.4 Å². The molecule has 0 spiro atoms. The number of amides is 1. The number of nitrogens with one attached hydrogen (secondary N) is 2. The molecule has 0 radical (unpaired) electrons. The molecule has 24 heavy (non-hydrogen) atoms. The van der Waals surface area contributed by atoms with E-state index in [-0.39, 0.29) is 5.91 Å². The van der Waals surface area contributed by atoms with Gasteiger partial charge in [0.2, 0.25) is 5.91 Å². The van der Waals surface area contributed by atoms with Crippen LogP contribution >= 0.6 is 23.2 Å². The van der Waals surface area contributed by atoms with Gasteiger partial charge in [-0.3, -0.25) is 4.79 Å². The van der Waals surface area contributed by atoms with Crippen molar-refractivity contribution in [3.8, 4) is 0 Å². The summed E-state index contributed by atoms with van der Waals surface area (Å²) in [6.07, 6.45) is 0.982. The number of nitrogens with zero attached hydrogens (tertiary/aromatic N) is 1. The standard InChI is InChI=1S/C17H19Cl2N3O2/c1-12(24-11-13-5-3-2-4-6-13)17(23)21-8-7-20-16-15(19)9-14(18)10-22-16/h2-6,9-10,12H,7-8,11H2,1H3,(H,20,22)(H,21,23)/t12-/m0/s1. The monoisotopic (exact) mass is 367 g/mol. The molecule has 0 aliphatic heterocycles. The lowest BCUT2D eigenvalue weighted by Crippen LogP contribution is -2.37. The highest BCUT2D eigenvalue weighted by molar-refractivity contribution is 6.35. The first-order valence-corrected chi connectivity index (χ1v) is 8.30. The molecule has 128 valence electrons. The summed E-state index contributed by atoms with van der Waals surface area (Å²) in [7, 11) is 0. The minimum atomic E-state index is -0.526. The Bertz CT molecular complexity index is 668. The molecular formula is C17H19Cl2N3O2. The van der Waals surface area contributed by atoms with E-state index in [0.29, 0.717) is 35.6 Å². The van der Waals surface area contributed by atoms with Crippen LogP contribution in [0.4, 0.5) is 5.82 Å². The Morgan fingerprint density at radius 1 is 1.25 bits per heavy atom. The fourth-order valence-corrected chi connectivity index (χ4v) is 2.37. The zero-order valence-electron chi connectivity index (χ0n) is 13.3. The molecule has 0 saturated carbocycles. The maximum atomic E-state index is 12.0. The van der Waals surface area contributed by atoms with Crippen molar-refractivity contribution < 1.29 is 9.53 Å². The van der Waals surface area contributed by atoms with Crippen LogP contribution < -0.4 is 10.6 Å². The van der Waals surface area contributed by atoms with Crippen LogP contribution in [0.5, 0.6) is 0 Å². The van der Waals surface area contributed by atoms with Crippen LogP contribution in [-0.2, 0) is 16.1 Å². The largest absolute Gasteiger partial charge is 0.367 e. The minimum absolute atomic E-state index is 0.164. The molecule has 1 heterocycles. The average molecular weight is 368 g/mol. The normalized spacial score (nSPS) is 11.8. The van der Waals surface area contributed by atoms with Crippen molar-refractivity contribution in [2.45, 2.75) is 19.6 Å². The molecular weight excluding hydrogens is 349 g/mol. The fourth-order valence-electron chi connectivity index (χ4n) is 1.93. The molecule has 7 heteroatoms. The summed E-state index contributed by atoms with van der Waals surface area (Å²) in [5.41, 5.74) is 1.03. The van der Waals surface area contributed by atoms with E-state index >= 15 is 0 Å². The van der Waals surface area contributed by atoms with E-state index < -0.39 is 6.10 Å². The van der Waals surface area contributed by atoms with Gasteiger partial charge in [0.05, 0.1) is 16.7 Å². The molecule has 2 rings (SSSR count). The molecule has 2 N–H and O–H groups in total. The van der Waals surface area contributed by atoms with Gasteiger partial charge in [-0.05, 0) is 18.6 Å². The number of hydrogen-bond donors (Lipinski definition) is 2. The fraction of sp³-hybridized carbons (Fsp3) is 0.294. The second kappa shape index (κ2) is 9.47. The first-order valence-electron chi connectivity index (χ1n) is 7.54. The van der Waals surface area contributed by atoms with E-state index in [4.69, 9.17) is 27.9 Å². The van der Waals surface area contributed by atoms with E-state index in [1.165, 1.54) is 6.20 Å². The molecule has 1 aromatic heterocycles. The molecule has 2 aromatic rings. The summed E-state index contributed by atoms with van der Waals surface area (Å²) in [6, 6.07) is 11.3. The lowest BCUT2D eigenvalue weighted by molar-refractivity contribution is -0.132. The summed E-state index contributed by atoms with van der Waals surface area (Å²) in [5, 5.41) is 6.75. The topological polar surface area (TPSA) is 63.2 Å². The van der Waals surface area contributed by atoms with Crippen molar-refractivity contribution in [1.29, 1.82) is 0 Å². The molecule has 0 saturated heterocycles. The minimum Gasteiger partial charge on any atom is -0.367 e. The summed E-state index contributed by atoms with van der Waals surface area (Å²) in [4.78, 5) is 16.0.